The number of nitrogens with zero attached hydrogens (tertiary/aromatic N) is 1. The van der Waals surface area contributed by atoms with Gasteiger partial charge >= 0.3 is 0 Å². The Kier molecular flexibility index (Phi) is 4.05. The van der Waals surface area contributed by atoms with Gasteiger partial charge in [0.2, 0.25) is 0 Å². The van der Waals surface area contributed by atoms with Gasteiger partial charge < -0.3 is 10.1 Å². The van der Waals surface area contributed by atoms with Crippen molar-refractivity contribution >= 4 is 33.2 Å². The molecule has 2 rings (SSSR count). The number of anilines is 1. The fourth-order valence-electron chi connectivity index (χ4n) is 1.80. The van der Waals surface area contributed by atoms with Crippen molar-refractivity contribution in [1.82, 2.24) is 4.98 Å². The summed E-state index contributed by atoms with van der Waals surface area (Å²) in [5.41, 5.74) is 0.885. The molecular formula is C11H14BrClN2O. The molecule has 0 radical (unpaired) electrons. The van der Waals surface area contributed by atoms with E-state index in [4.69, 9.17) is 16.3 Å². The van der Waals surface area contributed by atoms with Gasteiger partial charge in [0.1, 0.15) is 0 Å². The molecule has 16 heavy (non-hydrogen) atoms. The average molecular weight is 306 g/mol. The number of pyridine rings is 1. The molecule has 88 valence electrons. The Balaban J connectivity index is 1.89. The third kappa shape index (κ3) is 2.87. The lowest BCUT2D eigenvalue weighted by molar-refractivity contribution is 0.00299. The van der Waals surface area contributed by atoms with E-state index in [1.807, 2.05) is 13.0 Å². The second-order valence-electron chi connectivity index (χ2n) is 3.88. The molecule has 0 amide bonds. The number of hydrogen-bond acceptors (Lipinski definition) is 3. The summed E-state index contributed by atoms with van der Waals surface area (Å²) in [7, 11) is 0. The summed E-state index contributed by atoms with van der Waals surface area (Å²) in [6.45, 7) is 2.81. The van der Waals surface area contributed by atoms with E-state index in [2.05, 4.69) is 26.2 Å². The summed E-state index contributed by atoms with van der Waals surface area (Å²) in [4.78, 5) is 4.07. The van der Waals surface area contributed by atoms with Crippen LogP contribution in [0.2, 0.25) is 5.15 Å². The van der Waals surface area contributed by atoms with Gasteiger partial charge in [0.15, 0.2) is 5.15 Å². The maximum absolute atomic E-state index is 5.99. The lowest BCUT2D eigenvalue weighted by atomic mass is 9.89. The first-order chi connectivity index (χ1) is 7.69. The highest BCUT2D eigenvalue weighted by molar-refractivity contribution is 9.10. The molecule has 5 heteroatoms. The molecule has 0 spiro atoms. The number of hydrogen-bond donors (Lipinski definition) is 1. The topological polar surface area (TPSA) is 34.1 Å². The van der Waals surface area contributed by atoms with E-state index in [-0.39, 0.29) is 0 Å². The van der Waals surface area contributed by atoms with E-state index in [1.165, 1.54) is 0 Å². The second kappa shape index (κ2) is 5.34. The van der Waals surface area contributed by atoms with Crippen molar-refractivity contribution in [2.24, 2.45) is 0 Å². The first kappa shape index (κ1) is 12.1. The Morgan fingerprint density at radius 2 is 2.38 bits per heavy atom. The van der Waals surface area contributed by atoms with E-state index in [1.54, 1.807) is 6.20 Å². The highest BCUT2D eigenvalue weighted by Crippen LogP contribution is 2.30. The molecule has 0 aromatic carbocycles. The Labute approximate surface area is 109 Å². The summed E-state index contributed by atoms with van der Waals surface area (Å²) in [6, 6.07) is 2.40. The van der Waals surface area contributed by atoms with Gasteiger partial charge in [0, 0.05) is 23.3 Å². The first-order valence-corrected chi connectivity index (χ1v) is 6.55. The predicted molar refractivity (Wildman–Crippen MR) is 69.0 cm³/mol. The molecule has 1 heterocycles. The van der Waals surface area contributed by atoms with Gasteiger partial charge in [0.25, 0.3) is 0 Å². The highest BCUT2D eigenvalue weighted by atomic mass is 79.9. The van der Waals surface area contributed by atoms with Crippen molar-refractivity contribution in [3.05, 3.63) is 21.9 Å². The number of nitrogens with one attached hydrogen (secondary N) is 1. The fourth-order valence-corrected chi connectivity index (χ4v) is 2.29. The van der Waals surface area contributed by atoms with E-state index >= 15 is 0 Å². The van der Waals surface area contributed by atoms with Gasteiger partial charge in [-0.25, -0.2) is 4.98 Å². The number of rotatable bonds is 4. The Morgan fingerprint density at radius 3 is 3.06 bits per heavy atom. The van der Waals surface area contributed by atoms with Crippen LogP contribution in [-0.4, -0.2) is 23.7 Å². The Hall–Kier alpha value is -0.320. The second-order valence-corrected chi connectivity index (χ2v) is 5.16. The van der Waals surface area contributed by atoms with Crippen LogP contribution >= 0.6 is 27.5 Å². The summed E-state index contributed by atoms with van der Waals surface area (Å²) >= 11 is 9.37. The molecule has 1 aromatic rings. The third-order valence-electron chi connectivity index (χ3n) is 2.66. The zero-order valence-electron chi connectivity index (χ0n) is 9.04. The molecule has 1 N–H and O–H groups in total. The minimum atomic E-state index is 0.404. The lowest BCUT2D eigenvalue weighted by Gasteiger charge is -2.36. The monoisotopic (exact) mass is 304 g/mol. The molecule has 0 bridgehead atoms. The van der Waals surface area contributed by atoms with E-state index in [0.717, 1.165) is 29.6 Å². The molecule has 3 nitrogen and oxygen atoms in total. The van der Waals surface area contributed by atoms with Crippen LogP contribution < -0.4 is 5.32 Å². The maximum atomic E-state index is 5.99. The molecule has 1 fully saturated rings. The molecule has 0 unspecified atom stereocenters. The highest BCUT2D eigenvalue weighted by Gasteiger charge is 2.29. The minimum Gasteiger partial charge on any atom is -0.380 e. The largest absolute Gasteiger partial charge is 0.380 e. The zero-order chi connectivity index (χ0) is 11.5. The molecule has 0 saturated heterocycles. The Morgan fingerprint density at radius 1 is 1.62 bits per heavy atom. The SMILES string of the molecule is CCOC1CC(Nc2cc(Br)cnc2Cl)C1. The summed E-state index contributed by atoms with van der Waals surface area (Å²) in [5, 5.41) is 3.89. The van der Waals surface area contributed by atoms with Crippen molar-refractivity contribution in [1.29, 1.82) is 0 Å². The van der Waals surface area contributed by atoms with Gasteiger partial charge in [0.05, 0.1) is 11.8 Å². The maximum Gasteiger partial charge on any atom is 0.152 e. The smallest absolute Gasteiger partial charge is 0.152 e. The van der Waals surface area contributed by atoms with Gasteiger partial charge in [-0.15, -0.1) is 0 Å². The van der Waals surface area contributed by atoms with Crippen molar-refractivity contribution < 1.29 is 4.74 Å². The third-order valence-corrected chi connectivity index (χ3v) is 3.40. The quantitative estimate of drug-likeness (QED) is 0.865. The average Bonchev–Trinajstić information content (AvgIpc) is 2.20. The molecule has 1 aliphatic rings. The minimum absolute atomic E-state index is 0.404. The normalized spacial score (nSPS) is 23.9. The van der Waals surface area contributed by atoms with Crippen LogP contribution in [0.3, 0.4) is 0 Å². The van der Waals surface area contributed by atoms with Crippen LogP contribution in [0.4, 0.5) is 5.69 Å². The Bertz CT molecular complexity index is 369. The summed E-state index contributed by atoms with van der Waals surface area (Å²) in [5.74, 6) is 0. The van der Waals surface area contributed by atoms with Crippen molar-refractivity contribution in [3.8, 4) is 0 Å². The van der Waals surface area contributed by atoms with Gasteiger partial charge in [-0.3, -0.25) is 0 Å². The summed E-state index contributed by atoms with van der Waals surface area (Å²) in [6.07, 6.45) is 4.17. The first-order valence-electron chi connectivity index (χ1n) is 5.38. The van der Waals surface area contributed by atoms with Crippen LogP contribution in [-0.2, 0) is 4.74 Å². The molecule has 0 atom stereocenters. The summed E-state index contributed by atoms with van der Waals surface area (Å²) < 4.78 is 6.43. The predicted octanol–water partition coefficient (Wildman–Crippen LogP) is 3.48. The van der Waals surface area contributed by atoms with Gasteiger partial charge in [-0.05, 0) is 41.8 Å². The van der Waals surface area contributed by atoms with Crippen molar-refractivity contribution in [2.75, 3.05) is 11.9 Å². The van der Waals surface area contributed by atoms with Crippen LogP contribution in [0.15, 0.2) is 16.7 Å². The van der Waals surface area contributed by atoms with Crippen LogP contribution in [0, 0.1) is 0 Å². The van der Waals surface area contributed by atoms with E-state index < -0.39 is 0 Å². The van der Waals surface area contributed by atoms with Crippen molar-refractivity contribution in [2.45, 2.75) is 31.9 Å². The van der Waals surface area contributed by atoms with Gasteiger partial charge in [-0.2, -0.15) is 0 Å². The van der Waals surface area contributed by atoms with Crippen LogP contribution in [0.25, 0.3) is 0 Å². The molecule has 1 saturated carbocycles. The fraction of sp³-hybridized carbons (Fsp3) is 0.545. The standard InChI is InChI=1S/C11H14BrClN2O/c1-2-16-9-4-8(5-9)15-10-3-7(12)6-14-11(10)13/h3,6,8-9,15H,2,4-5H2,1H3. The van der Waals surface area contributed by atoms with Crippen LogP contribution in [0.1, 0.15) is 19.8 Å². The van der Waals surface area contributed by atoms with Crippen molar-refractivity contribution in [3.63, 3.8) is 0 Å². The molecule has 1 aromatic heterocycles. The number of halogens is 2. The molecule has 0 aliphatic heterocycles. The van der Waals surface area contributed by atoms with Crippen LogP contribution in [0.5, 0.6) is 0 Å². The number of aromatic nitrogens is 1. The lowest BCUT2D eigenvalue weighted by Crippen LogP contribution is -2.40. The zero-order valence-corrected chi connectivity index (χ0v) is 11.4. The van der Waals surface area contributed by atoms with E-state index in [9.17, 15) is 0 Å². The number of ether oxygens (including phenoxy) is 1. The van der Waals surface area contributed by atoms with E-state index in [0.29, 0.717) is 17.3 Å². The molecular weight excluding hydrogens is 291 g/mol. The molecule has 1 aliphatic carbocycles. The van der Waals surface area contributed by atoms with Gasteiger partial charge in [-0.1, -0.05) is 11.6 Å².